The third kappa shape index (κ3) is 4.25. The highest BCUT2D eigenvalue weighted by Crippen LogP contribution is 2.22. The highest BCUT2D eigenvalue weighted by atomic mass is 32.1. The molecular formula is C11H19N3O3S. The van der Waals surface area contributed by atoms with Crippen molar-refractivity contribution in [2.24, 2.45) is 5.73 Å². The number of anilines is 1. The van der Waals surface area contributed by atoms with Gasteiger partial charge in [-0.1, -0.05) is 0 Å². The third-order valence-electron chi connectivity index (χ3n) is 2.30. The van der Waals surface area contributed by atoms with Crippen molar-refractivity contribution in [1.82, 2.24) is 4.98 Å². The summed E-state index contributed by atoms with van der Waals surface area (Å²) in [7, 11) is 1.89. The molecule has 0 radical (unpaired) electrons. The normalized spacial score (nSPS) is 12.7. The molecule has 0 bridgehead atoms. The van der Waals surface area contributed by atoms with E-state index in [1.54, 1.807) is 5.38 Å². The number of aliphatic carboxylic acids is 1. The molecule has 0 aliphatic rings. The maximum Gasteiger partial charge on any atom is 0.326 e. The van der Waals surface area contributed by atoms with Crippen molar-refractivity contribution >= 4 is 22.4 Å². The van der Waals surface area contributed by atoms with E-state index in [1.165, 1.54) is 11.3 Å². The fraction of sp³-hybridized carbons (Fsp3) is 0.636. The second kappa shape index (κ2) is 6.67. The molecule has 1 rings (SSSR count). The number of rotatable bonds is 7. The van der Waals surface area contributed by atoms with Crippen LogP contribution >= 0.6 is 11.3 Å². The van der Waals surface area contributed by atoms with Crippen LogP contribution in [-0.2, 0) is 9.53 Å². The largest absolute Gasteiger partial charge is 0.480 e. The van der Waals surface area contributed by atoms with Crippen LogP contribution in [0, 0.1) is 0 Å². The molecule has 0 amide bonds. The molecule has 0 aliphatic heterocycles. The van der Waals surface area contributed by atoms with Gasteiger partial charge < -0.3 is 20.5 Å². The van der Waals surface area contributed by atoms with Crippen molar-refractivity contribution in [2.75, 3.05) is 25.1 Å². The number of likely N-dealkylation sites (N-methyl/N-ethyl adjacent to an activating group) is 1. The number of aromatic nitrogens is 1. The topological polar surface area (TPSA) is 88.7 Å². The van der Waals surface area contributed by atoms with Gasteiger partial charge in [0.25, 0.3) is 0 Å². The first-order chi connectivity index (χ1) is 8.41. The van der Waals surface area contributed by atoms with E-state index in [9.17, 15) is 4.79 Å². The predicted molar refractivity (Wildman–Crippen MR) is 71.0 cm³/mol. The van der Waals surface area contributed by atoms with Crippen LogP contribution in [0.1, 0.15) is 25.6 Å². The molecule has 18 heavy (non-hydrogen) atoms. The minimum absolute atomic E-state index is 0.200. The Balaban J connectivity index is 2.54. The van der Waals surface area contributed by atoms with Crippen LogP contribution in [-0.4, -0.2) is 42.4 Å². The van der Waals surface area contributed by atoms with Crippen LogP contribution in [0.3, 0.4) is 0 Å². The van der Waals surface area contributed by atoms with E-state index in [1.807, 2.05) is 25.8 Å². The van der Waals surface area contributed by atoms with Crippen LogP contribution in [0.25, 0.3) is 0 Å². The summed E-state index contributed by atoms with van der Waals surface area (Å²) in [5.41, 5.74) is 5.88. The van der Waals surface area contributed by atoms with E-state index in [2.05, 4.69) is 4.98 Å². The van der Waals surface area contributed by atoms with Gasteiger partial charge in [0.2, 0.25) is 0 Å². The number of ether oxygens (including phenoxy) is 1. The zero-order valence-electron chi connectivity index (χ0n) is 10.8. The van der Waals surface area contributed by atoms with E-state index in [-0.39, 0.29) is 6.10 Å². The molecule has 0 saturated heterocycles. The number of carboxylic acid groups (broad SMARTS) is 1. The Bertz CT molecular complexity index is 395. The molecule has 0 aromatic carbocycles. The van der Waals surface area contributed by atoms with Gasteiger partial charge >= 0.3 is 5.97 Å². The highest BCUT2D eigenvalue weighted by molar-refractivity contribution is 7.13. The number of hydrogen-bond donors (Lipinski definition) is 2. The van der Waals surface area contributed by atoms with Gasteiger partial charge in [-0.05, 0) is 13.8 Å². The monoisotopic (exact) mass is 273 g/mol. The molecule has 1 unspecified atom stereocenters. The third-order valence-corrected chi connectivity index (χ3v) is 3.27. The van der Waals surface area contributed by atoms with E-state index in [0.29, 0.717) is 18.8 Å². The van der Waals surface area contributed by atoms with Crippen molar-refractivity contribution in [3.8, 4) is 0 Å². The molecule has 1 aromatic rings. The van der Waals surface area contributed by atoms with Crippen molar-refractivity contribution in [3.63, 3.8) is 0 Å². The predicted octanol–water partition coefficient (Wildman–Crippen LogP) is 1.09. The van der Waals surface area contributed by atoms with Crippen LogP contribution in [0.2, 0.25) is 0 Å². The summed E-state index contributed by atoms with van der Waals surface area (Å²) in [4.78, 5) is 16.9. The summed E-state index contributed by atoms with van der Waals surface area (Å²) in [6, 6.07) is -1.06. The van der Waals surface area contributed by atoms with Crippen LogP contribution < -0.4 is 10.6 Å². The van der Waals surface area contributed by atoms with E-state index >= 15 is 0 Å². The van der Waals surface area contributed by atoms with Gasteiger partial charge in [0.15, 0.2) is 5.13 Å². The summed E-state index contributed by atoms with van der Waals surface area (Å²) in [5, 5.41) is 11.2. The van der Waals surface area contributed by atoms with Crippen molar-refractivity contribution in [2.45, 2.75) is 26.0 Å². The molecule has 1 heterocycles. The van der Waals surface area contributed by atoms with E-state index in [0.717, 1.165) is 5.13 Å². The summed E-state index contributed by atoms with van der Waals surface area (Å²) < 4.78 is 5.44. The van der Waals surface area contributed by atoms with Gasteiger partial charge in [0.05, 0.1) is 18.4 Å². The summed E-state index contributed by atoms with van der Waals surface area (Å²) >= 11 is 1.38. The Labute approximate surface area is 110 Å². The fourth-order valence-electron chi connectivity index (χ4n) is 1.24. The Morgan fingerprint density at radius 1 is 1.67 bits per heavy atom. The summed E-state index contributed by atoms with van der Waals surface area (Å²) in [6.45, 7) is 5.27. The average Bonchev–Trinajstić information content (AvgIpc) is 2.76. The number of thiazole rings is 1. The maximum absolute atomic E-state index is 10.7. The molecule has 7 heteroatoms. The molecule has 0 spiro atoms. The zero-order valence-corrected chi connectivity index (χ0v) is 11.6. The smallest absolute Gasteiger partial charge is 0.326 e. The number of carboxylic acids is 1. The molecule has 1 atom stereocenters. The van der Waals surface area contributed by atoms with Gasteiger partial charge in [-0.25, -0.2) is 4.98 Å². The summed E-state index contributed by atoms with van der Waals surface area (Å²) in [5.74, 6) is -1.07. The Hall–Kier alpha value is -1.18. The quantitative estimate of drug-likeness (QED) is 0.773. The highest BCUT2D eigenvalue weighted by Gasteiger charge is 2.18. The van der Waals surface area contributed by atoms with Gasteiger partial charge in [0.1, 0.15) is 6.04 Å². The van der Waals surface area contributed by atoms with Crippen LogP contribution in [0.15, 0.2) is 5.38 Å². The van der Waals surface area contributed by atoms with E-state index < -0.39 is 12.0 Å². The zero-order chi connectivity index (χ0) is 13.7. The molecule has 0 saturated carbocycles. The van der Waals surface area contributed by atoms with Crippen molar-refractivity contribution in [1.29, 1.82) is 0 Å². The van der Waals surface area contributed by atoms with Crippen LogP contribution in [0.5, 0.6) is 0 Å². The average molecular weight is 273 g/mol. The standard InChI is InChI=1S/C11H19N3O3S/c1-7(2)17-5-4-14(3)11-13-8(6-18-11)9(12)10(15)16/h6-7,9H,4-5,12H2,1-3H3,(H,15,16). The van der Waals surface area contributed by atoms with Crippen molar-refractivity contribution < 1.29 is 14.6 Å². The number of nitrogens with two attached hydrogens (primary N) is 1. The lowest BCUT2D eigenvalue weighted by Gasteiger charge is -2.16. The minimum Gasteiger partial charge on any atom is -0.480 e. The van der Waals surface area contributed by atoms with Gasteiger partial charge in [0, 0.05) is 19.0 Å². The number of hydrogen-bond acceptors (Lipinski definition) is 6. The lowest BCUT2D eigenvalue weighted by Crippen LogP contribution is -2.24. The lowest BCUT2D eigenvalue weighted by atomic mass is 10.2. The Morgan fingerprint density at radius 2 is 2.33 bits per heavy atom. The SMILES string of the molecule is CC(C)OCCN(C)c1nc(C(N)C(=O)O)cs1. The Morgan fingerprint density at radius 3 is 2.89 bits per heavy atom. The van der Waals surface area contributed by atoms with Crippen LogP contribution in [0.4, 0.5) is 5.13 Å². The van der Waals surface area contributed by atoms with Gasteiger partial charge in [-0.3, -0.25) is 4.79 Å². The van der Waals surface area contributed by atoms with Gasteiger partial charge in [-0.15, -0.1) is 11.3 Å². The first-order valence-corrected chi connectivity index (χ1v) is 6.56. The second-order valence-electron chi connectivity index (χ2n) is 4.21. The minimum atomic E-state index is -1.07. The first kappa shape index (κ1) is 14.9. The maximum atomic E-state index is 10.7. The Kier molecular flexibility index (Phi) is 5.52. The number of carbonyl (C=O) groups is 1. The summed E-state index contributed by atoms with van der Waals surface area (Å²) in [6.07, 6.45) is 0.200. The lowest BCUT2D eigenvalue weighted by molar-refractivity contribution is -0.138. The molecule has 0 aliphatic carbocycles. The fourth-order valence-corrected chi connectivity index (χ4v) is 2.10. The first-order valence-electron chi connectivity index (χ1n) is 5.68. The molecule has 3 N–H and O–H groups in total. The molecule has 0 fully saturated rings. The molecule has 102 valence electrons. The van der Waals surface area contributed by atoms with E-state index in [4.69, 9.17) is 15.6 Å². The second-order valence-corrected chi connectivity index (χ2v) is 5.05. The molecule has 6 nitrogen and oxygen atoms in total. The van der Waals surface area contributed by atoms with Crippen molar-refractivity contribution in [3.05, 3.63) is 11.1 Å². The molecule has 1 aromatic heterocycles. The van der Waals surface area contributed by atoms with Gasteiger partial charge in [-0.2, -0.15) is 0 Å². The molecular weight excluding hydrogens is 254 g/mol. The number of nitrogens with zero attached hydrogens (tertiary/aromatic N) is 2.